The molecule has 1 atom stereocenters. The van der Waals surface area contributed by atoms with Gasteiger partial charge in [-0.1, -0.05) is 18.2 Å². The molecule has 0 saturated carbocycles. The zero-order chi connectivity index (χ0) is 15.4. The van der Waals surface area contributed by atoms with Crippen LogP contribution in [0.2, 0.25) is 0 Å². The molecular weight excluding hydrogens is 278 g/mol. The number of amides is 2. The highest BCUT2D eigenvalue weighted by Crippen LogP contribution is 2.16. The second-order valence-electron chi connectivity index (χ2n) is 5.61. The van der Waals surface area contributed by atoms with Crippen LogP contribution in [0.4, 0.5) is 0 Å². The Morgan fingerprint density at radius 1 is 1.32 bits per heavy atom. The molecule has 2 amide bonds. The van der Waals surface area contributed by atoms with Gasteiger partial charge in [0.1, 0.15) is 6.04 Å². The van der Waals surface area contributed by atoms with Crippen LogP contribution in [-0.2, 0) is 16.0 Å². The highest BCUT2D eigenvalue weighted by atomic mass is 16.2. The Morgan fingerprint density at radius 3 is 2.86 bits per heavy atom. The van der Waals surface area contributed by atoms with E-state index in [4.69, 9.17) is 0 Å². The molecule has 22 heavy (non-hydrogen) atoms. The van der Waals surface area contributed by atoms with Crippen molar-refractivity contribution in [2.24, 2.45) is 0 Å². The lowest BCUT2D eigenvalue weighted by atomic mass is 10.0. The van der Waals surface area contributed by atoms with Crippen LogP contribution < -0.4 is 5.32 Å². The van der Waals surface area contributed by atoms with Crippen molar-refractivity contribution < 1.29 is 9.59 Å². The van der Waals surface area contributed by atoms with Crippen molar-refractivity contribution in [1.82, 2.24) is 15.2 Å². The fourth-order valence-corrected chi connectivity index (χ4v) is 2.92. The van der Waals surface area contributed by atoms with Gasteiger partial charge in [0.15, 0.2) is 0 Å². The van der Waals surface area contributed by atoms with Crippen LogP contribution in [0.1, 0.15) is 18.4 Å². The van der Waals surface area contributed by atoms with Crippen LogP contribution in [0.5, 0.6) is 0 Å². The predicted octanol–water partition coefficient (Wildman–Crippen LogP) is 1.51. The van der Waals surface area contributed by atoms with Crippen molar-refractivity contribution in [1.29, 1.82) is 0 Å². The summed E-state index contributed by atoms with van der Waals surface area (Å²) in [7, 11) is 0. The third kappa shape index (κ3) is 3.08. The van der Waals surface area contributed by atoms with E-state index in [1.807, 2.05) is 35.2 Å². The maximum absolute atomic E-state index is 12.5. The summed E-state index contributed by atoms with van der Waals surface area (Å²) < 4.78 is 0. The molecule has 0 unspecified atom stereocenters. The van der Waals surface area contributed by atoms with Crippen LogP contribution >= 0.6 is 0 Å². The average molecular weight is 297 g/mol. The van der Waals surface area contributed by atoms with Crippen molar-refractivity contribution in [2.45, 2.75) is 25.3 Å². The summed E-state index contributed by atoms with van der Waals surface area (Å²) in [6.45, 7) is 1.57. The van der Waals surface area contributed by atoms with E-state index >= 15 is 0 Å². The Hall–Kier alpha value is -2.43. The zero-order valence-corrected chi connectivity index (χ0v) is 12.4. The number of hydrogen-bond donors (Lipinski definition) is 1. The summed E-state index contributed by atoms with van der Waals surface area (Å²) in [4.78, 5) is 29.6. The molecular formula is C17H19N3O2. The first-order valence-corrected chi connectivity index (χ1v) is 7.60. The first-order valence-electron chi connectivity index (χ1n) is 7.60. The predicted molar refractivity (Wildman–Crippen MR) is 84.2 cm³/mol. The molecule has 0 radical (unpaired) electrons. The van der Waals surface area contributed by atoms with Crippen LogP contribution in [-0.4, -0.2) is 41.3 Å². The van der Waals surface area contributed by atoms with E-state index in [-0.39, 0.29) is 5.91 Å². The minimum Gasteiger partial charge on any atom is -0.347 e. The fourth-order valence-electron chi connectivity index (χ4n) is 2.92. The molecule has 5 nitrogen and oxygen atoms in total. The van der Waals surface area contributed by atoms with E-state index in [0.717, 1.165) is 42.4 Å². The highest BCUT2D eigenvalue weighted by molar-refractivity contribution is 5.84. The molecule has 1 aliphatic rings. The SMILES string of the molecule is O=CN[C@H](Cc1cnc2ccccc2c1)C(=O)N1CCCC1. The lowest BCUT2D eigenvalue weighted by molar-refractivity contribution is -0.133. The Kier molecular flexibility index (Phi) is 4.32. The number of hydrogen-bond acceptors (Lipinski definition) is 3. The van der Waals surface area contributed by atoms with Gasteiger partial charge in [-0.15, -0.1) is 0 Å². The Labute approximate surface area is 129 Å². The molecule has 0 spiro atoms. The number of aromatic nitrogens is 1. The van der Waals surface area contributed by atoms with Gasteiger partial charge < -0.3 is 10.2 Å². The average Bonchev–Trinajstić information content (AvgIpc) is 3.08. The summed E-state index contributed by atoms with van der Waals surface area (Å²) in [6.07, 6.45) is 4.92. The second-order valence-corrected chi connectivity index (χ2v) is 5.61. The molecule has 1 aromatic carbocycles. The van der Waals surface area contributed by atoms with E-state index in [0.29, 0.717) is 12.8 Å². The fraction of sp³-hybridized carbons (Fsp3) is 0.353. The summed E-state index contributed by atoms with van der Waals surface area (Å²) >= 11 is 0. The van der Waals surface area contributed by atoms with Crippen molar-refractivity contribution in [3.8, 4) is 0 Å². The van der Waals surface area contributed by atoms with Gasteiger partial charge in [0.25, 0.3) is 0 Å². The van der Waals surface area contributed by atoms with Gasteiger partial charge in [0, 0.05) is 31.1 Å². The number of likely N-dealkylation sites (tertiary alicyclic amines) is 1. The summed E-state index contributed by atoms with van der Waals surface area (Å²) in [6, 6.07) is 9.37. The number of carbonyl (C=O) groups excluding carboxylic acids is 2. The minimum absolute atomic E-state index is 0.00208. The van der Waals surface area contributed by atoms with Crippen LogP contribution in [0.15, 0.2) is 36.5 Å². The maximum atomic E-state index is 12.5. The van der Waals surface area contributed by atoms with Crippen LogP contribution in [0.25, 0.3) is 10.9 Å². The number of para-hydroxylation sites is 1. The smallest absolute Gasteiger partial charge is 0.245 e. The Morgan fingerprint density at radius 2 is 2.09 bits per heavy atom. The van der Waals surface area contributed by atoms with Gasteiger partial charge in [-0.05, 0) is 30.5 Å². The molecule has 0 bridgehead atoms. The summed E-state index contributed by atoms with van der Waals surface area (Å²) in [5, 5.41) is 3.70. The van der Waals surface area contributed by atoms with E-state index < -0.39 is 6.04 Å². The van der Waals surface area contributed by atoms with Crippen molar-refractivity contribution in [3.63, 3.8) is 0 Å². The molecule has 1 saturated heterocycles. The Balaban J connectivity index is 1.79. The minimum atomic E-state index is -0.515. The molecule has 1 N–H and O–H groups in total. The number of fused-ring (bicyclic) bond motifs is 1. The number of nitrogens with one attached hydrogen (secondary N) is 1. The van der Waals surface area contributed by atoms with E-state index in [1.54, 1.807) is 6.20 Å². The summed E-state index contributed by atoms with van der Waals surface area (Å²) in [5.41, 5.74) is 1.88. The third-order valence-electron chi connectivity index (χ3n) is 4.07. The largest absolute Gasteiger partial charge is 0.347 e. The standard InChI is InChI=1S/C17H19N3O2/c21-12-19-16(17(22)20-7-3-4-8-20)10-13-9-14-5-1-2-6-15(14)18-11-13/h1-2,5-6,9,11-12,16H,3-4,7-8,10H2,(H,19,21)/t16-/m1/s1. The number of nitrogens with zero attached hydrogens (tertiary/aromatic N) is 2. The number of rotatable bonds is 5. The maximum Gasteiger partial charge on any atom is 0.245 e. The van der Waals surface area contributed by atoms with Crippen LogP contribution in [0.3, 0.4) is 0 Å². The molecule has 3 rings (SSSR count). The van der Waals surface area contributed by atoms with Gasteiger partial charge in [0.05, 0.1) is 5.52 Å². The molecule has 1 fully saturated rings. The first-order chi connectivity index (χ1) is 10.8. The molecule has 114 valence electrons. The monoisotopic (exact) mass is 297 g/mol. The number of pyridine rings is 1. The molecule has 1 aromatic heterocycles. The lowest BCUT2D eigenvalue weighted by Gasteiger charge is -2.22. The topological polar surface area (TPSA) is 62.3 Å². The highest BCUT2D eigenvalue weighted by Gasteiger charge is 2.26. The van der Waals surface area contributed by atoms with E-state index in [9.17, 15) is 9.59 Å². The molecule has 2 heterocycles. The lowest BCUT2D eigenvalue weighted by Crippen LogP contribution is -2.46. The normalized spacial score (nSPS) is 15.7. The number of benzene rings is 1. The quantitative estimate of drug-likeness (QED) is 0.851. The van der Waals surface area contributed by atoms with Gasteiger partial charge in [-0.25, -0.2) is 0 Å². The van der Waals surface area contributed by atoms with Crippen LogP contribution in [0, 0.1) is 0 Å². The van der Waals surface area contributed by atoms with Gasteiger partial charge in [-0.3, -0.25) is 14.6 Å². The molecule has 0 aliphatic carbocycles. The van der Waals surface area contributed by atoms with E-state index in [2.05, 4.69) is 10.3 Å². The molecule has 5 heteroatoms. The first kappa shape index (κ1) is 14.5. The zero-order valence-electron chi connectivity index (χ0n) is 12.4. The van der Waals surface area contributed by atoms with Crippen molar-refractivity contribution >= 4 is 23.2 Å². The van der Waals surface area contributed by atoms with Crippen molar-refractivity contribution in [3.05, 3.63) is 42.1 Å². The number of carbonyl (C=O) groups is 2. The van der Waals surface area contributed by atoms with Gasteiger partial charge in [-0.2, -0.15) is 0 Å². The summed E-state index contributed by atoms with van der Waals surface area (Å²) in [5.74, 6) is -0.00208. The molecule has 1 aliphatic heterocycles. The Bertz CT molecular complexity index is 680. The molecule has 2 aromatic rings. The van der Waals surface area contributed by atoms with Gasteiger partial charge >= 0.3 is 0 Å². The van der Waals surface area contributed by atoms with Gasteiger partial charge in [0.2, 0.25) is 12.3 Å². The van der Waals surface area contributed by atoms with E-state index in [1.165, 1.54) is 0 Å². The van der Waals surface area contributed by atoms with Crippen molar-refractivity contribution in [2.75, 3.05) is 13.1 Å². The third-order valence-corrected chi connectivity index (χ3v) is 4.07. The second kappa shape index (κ2) is 6.56.